The number of methoxy groups -OCH3 is 1. The number of rotatable bonds is 3. The summed E-state index contributed by atoms with van der Waals surface area (Å²) in [5.41, 5.74) is -0.982. The Kier molecular flexibility index (Phi) is 4.26. The van der Waals surface area contributed by atoms with E-state index in [9.17, 15) is 18.0 Å². The number of hydrogen-bond donors (Lipinski definition) is 1. The van der Waals surface area contributed by atoms with Crippen LogP contribution < -0.4 is 10.1 Å². The van der Waals surface area contributed by atoms with E-state index in [4.69, 9.17) is 4.42 Å². The minimum absolute atomic E-state index is 0.0133. The van der Waals surface area contributed by atoms with Crippen molar-refractivity contribution in [1.82, 2.24) is 0 Å². The molecule has 1 heterocycles. The molecule has 0 aliphatic rings. The molecule has 0 aliphatic heterocycles. The molecule has 1 aromatic carbocycles. The summed E-state index contributed by atoms with van der Waals surface area (Å²) in [4.78, 5) is 11.8. The third-order valence-electron chi connectivity index (χ3n) is 2.56. The Bertz CT molecular complexity index is 667. The van der Waals surface area contributed by atoms with Crippen LogP contribution >= 0.6 is 15.9 Å². The fourth-order valence-corrected chi connectivity index (χ4v) is 1.94. The Hall–Kier alpha value is -1.96. The Morgan fingerprint density at radius 1 is 1.29 bits per heavy atom. The summed E-state index contributed by atoms with van der Waals surface area (Å²) in [5, 5.41) is 2.33. The van der Waals surface area contributed by atoms with E-state index < -0.39 is 17.6 Å². The third-order valence-corrected chi connectivity index (χ3v) is 2.99. The zero-order valence-corrected chi connectivity index (χ0v) is 12.2. The summed E-state index contributed by atoms with van der Waals surface area (Å²) in [6.45, 7) is 0. The molecular formula is C13H9BrF3NO3. The number of ether oxygens (including phenoxy) is 1. The standard InChI is InChI=1S/C13H9BrF3NO3/c1-20-9-3-2-7(6-8(9)13(15,16)17)18-12(19)10-4-5-11(14)21-10/h2-6H,1H3,(H,18,19). The van der Waals surface area contributed by atoms with Crippen molar-refractivity contribution in [3.63, 3.8) is 0 Å². The second-order valence-corrected chi connectivity index (χ2v) is 4.75. The maximum atomic E-state index is 12.9. The van der Waals surface area contributed by atoms with E-state index in [0.29, 0.717) is 4.67 Å². The van der Waals surface area contributed by atoms with Crippen LogP contribution in [0.4, 0.5) is 18.9 Å². The average molecular weight is 364 g/mol. The lowest BCUT2D eigenvalue weighted by Gasteiger charge is -2.13. The molecule has 8 heteroatoms. The van der Waals surface area contributed by atoms with Gasteiger partial charge in [-0.25, -0.2) is 0 Å². The van der Waals surface area contributed by atoms with Crippen molar-refractivity contribution in [2.45, 2.75) is 6.18 Å². The number of anilines is 1. The number of benzene rings is 1. The molecule has 0 spiro atoms. The van der Waals surface area contributed by atoms with Gasteiger partial charge in [-0.3, -0.25) is 4.79 Å². The van der Waals surface area contributed by atoms with Crippen molar-refractivity contribution in [1.29, 1.82) is 0 Å². The predicted molar refractivity (Wildman–Crippen MR) is 72.4 cm³/mol. The lowest BCUT2D eigenvalue weighted by molar-refractivity contribution is -0.138. The Morgan fingerprint density at radius 3 is 2.52 bits per heavy atom. The molecule has 21 heavy (non-hydrogen) atoms. The van der Waals surface area contributed by atoms with Crippen molar-refractivity contribution in [3.8, 4) is 5.75 Å². The minimum Gasteiger partial charge on any atom is -0.496 e. The van der Waals surface area contributed by atoms with Gasteiger partial charge < -0.3 is 14.5 Å². The van der Waals surface area contributed by atoms with Gasteiger partial charge in [-0.2, -0.15) is 13.2 Å². The van der Waals surface area contributed by atoms with Gasteiger partial charge in [0.2, 0.25) is 0 Å². The Balaban J connectivity index is 2.27. The van der Waals surface area contributed by atoms with Crippen LogP contribution in [0.3, 0.4) is 0 Å². The van der Waals surface area contributed by atoms with Gasteiger partial charge in [-0.05, 0) is 46.3 Å². The highest BCUT2D eigenvalue weighted by Gasteiger charge is 2.34. The smallest absolute Gasteiger partial charge is 0.420 e. The second kappa shape index (κ2) is 5.80. The van der Waals surface area contributed by atoms with Crippen molar-refractivity contribution in [2.24, 2.45) is 0 Å². The lowest BCUT2D eigenvalue weighted by Crippen LogP contribution is -2.13. The molecule has 0 unspecified atom stereocenters. The molecule has 2 aromatic rings. The number of halogens is 4. The summed E-state index contributed by atoms with van der Waals surface area (Å²) in [6.07, 6.45) is -4.58. The van der Waals surface area contributed by atoms with Crippen molar-refractivity contribution >= 4 is 27.5 Å². The van der Waals surface area contributed by atoms with E-state index in [-0.39, 0.29) is 17.2 Å². The van der Waals surface area contributed by atoms with Gasteiger partial charge in [0.15, 0.2) is 10.4 Å². The fourth-order valence-electron chi connectivity index (χ4n) is 1.64. The van der Waals surface area contributed by atoms with Crippen LogP contribution in [0.5, 0.6) is 5.75 Å². The molecule has 112 valence electrons. The Labute approximate surface area is 126 Å². The van der Waals surface area contributed by atoms with E-state index >= 15 is 0 Å². The summed E-state index contributed by atoms with van der Waals surface area (Å²) in [7, 11) is 1.14. The van der Waals surface area contributed by atoms with Gasteiger partial charge in [-0.1, -0.05) is 0 Å². The van der Waals surface area contributed by atoms with Crippen LogP contribution in [0.2, 0.25) is 0 Å². The second-order valence-electron chi connectivity index (χ2n) is 3.97. The average Bonchev–Trinajstić information content (AvgIpc) is 2.84. The zero-order chi connectivity index (χ0) is 15.6. The Morgan fingerprint density at radius 2 is 2.00 bits per heavy atom. The lowest BCUT2D eigenvalue weighted by atomic mass is 10.1. The van der Waals surface area contributed by atoms with E-state index in [2.05, 4.69) is 26.0 Å². The van der Waals surface area contributed by atoms with Gasteiger partial charge >= 0.3 is 6.18 Å². The highest BCUT2D eigenvalue weighted by atomic mass is 79.9. The van der Waals surface area contributed by atoms with E-state index in [1.807, 2.05) is 0 Å². The largest absolute Gasteiger partial charge is 0.496 e. The molecule has 0 atom stereocenters. The van der Waals surface area contributed by atoms with Crippen LogP contribution in [0.15, 0.2) is 39.4 Å². The van der Waals surface area contributed by atoms with Crippen molar-refractivity contribution < 1.29 is 27.1 Å². The number of alkyl halides is 3. The number of carbonyl (C=O) groups is 1. The molecule has 0 aliphatic carbocycles. The molecule has 0 bridgehead atoms. The van der Waals surface area contributed by atoms with Gasteiger partial charge in [0.25, 0.3) is 5.91 Å². The van der Waals surface area contributed by atoms with Gasteiger partial charge in [0, 0.05) is 5.69 Å². The summed E-state index contributed by atoms with van der Waals surface area (Å²) >= 11 is 3.03. The van der Waals surface area contributed by atoms with Gasteiger partial charge in [0.1, 0.15) is 5.75 Å². The van der Waals surface area contributed by atoms with Gasteiger partial charge in [0.05, 0.1) is 12.7 Å². The maximum absolute atomic E-state index is 12.9. The number of amides is 1. The molecule has 1 N–H and O–H groups in total. The molecule has 0 fully saturated rings. The molecule has 0 saturated carbocycles. The molecule has 1 aromatic heterocycles. The van der Waals surface area contributed by atoms with Crippen LogP contribution in [0.25, 0.3) is 0 Å². The fraction of sp³-hybridized carbons (Fsp3) is 0.154. The molecule has 0 radical (unpaired) electrons. The summed E-state index contributed by atoms with van der Waals surface area (Å²) in [6, 6.07) is 6.15. The first-order chi connectivity index (χ1) is 9.81. The van der Waals surface area contributed by atoms with Crippen LogP contribution in [-0.2, 0) is 6.18 Å². The highest BCUT2D eigenvalue weighted by molar-refractivity contribution is 9.10. The van der Waals surface area contributed by atoms with Crippen molar-refractivity contribution in [3.05, 3.63) is 46.3 Å². The quantitative estimate of drug-likeness (QED) is 0.883. The summed E-state index contributed by atoms with van der Waals surface area (Å²) in [5.74, 6) is -0.994. The molecule has 1 amide bonds. The normalized spacial score (nSPS) is 11.3. The number of nitrogens with one attached hydrogen (secondary N) is 1. The van der Waals surface area contributed by atoms with E-state index in [1.165, 1.54) is 18.2 Å². The number of furan rings is 1. The maximum Gasteiger partial charge on any atom is 0.420 e. The number of carbonyl (C=O) groups excluding carboxylic acids is 1. The van der Waals surface area contributed by atoms with Crippen molar-refractivity contribution in [2.75, 3.05) is 12.4 Å². The molecular weight excluding hydrogens is 355 g/mol. The van der Waals surface area contributed by atoms with Crippen LogP contribution in [0.1, 0.15) is 16.1 Å². The van der Waals surface area contributed by atoms with E-state index in [0.717, 1.165) is 19.2 Å². The zero-order valence-electron chi connectivity index (χ0n) is 10.6. The monoisotopic (exact) mass is 363 g/mol. The molecule has 4 nitrogen and oxygen atoms in total. The first kappa shape index (κ1) is 15.4. The highest BCUT2D eigenvalue weighted by Crippen LogP contribution is 2.37. The first-order valence-corrected chi connectivity index (χ1v) is 6.42. The predicted octanol–water partition coefficient (Wildman–Crippen LogP) is 4.32. The molecule has 2 rings (SSSR count). The van der Waals surface area contributed by atoms with E-state index in [1.54, 1.807) is 0 Å². The molecule has 0 saturated heterocycles. The van der Waals surface area contributed by atoms with Gasteiger partial charge in [-0.15, -0.1) is 0 Å². The number of hydrogen-bond acceptors (Lipinski definition) is 3. The minimum atomic E-state index is -4.58. The van der Waals surface area contributed by atoms with Crippen LogP contribution in [-0.4, -0.2) is 13.0 Å². The summed E-state index contributed by atoms with van der Waals surface area (Å²) < 4.78 is 48.6. The topological polar surface area (TPSA) is 51.5 Å². The first-order valence-electron chi connectivity index (χ1n) is 5.63. The third kappa shape index (κ3) is 3.57. The van der Waals surface area contributed by atoms with Crippen LogP contribution in [0, 0.1) is 0 Å². The SMILES string of the molecule is COc1ccc(NC(=O)c2ccc(Br)o2)cc1C(F)(F)F.